The van der Waals surface area contributed by atoms with E-state index in [0.29, 0.717) is 69.2 Å². The summed E-state index contributed by atoms with van der Waals surface area (Å²) in [5.74, 6) is 0.886. The van der Waals surface area contributed by atoms with E-state index >= 15 is 0 Å². The summed E-state index contributed by atoms with van der Waals surface area (Å²) in [5.41, 5.74) is 6.89. The first-order chi connectivity index (χ1) is 21.5. The van der Waals surface area contributed by atoms with Crippen molar-refractivity contribution in [3.8, 4) is 5.75 Å². The highest BCUT2D eigenvalue weighted by molar-refractivity contribution is 7.89. The fourth-order valence-corrected chi connectivity index (χ4v) is 9.02. The first-order valence-corrected chi connectivity index (χ1v) is 17.7. The lowest BCUT2D eigenvalue weighted by molar-refractivity contribution is -0.139. The molecule has 2 aromatic carbocycles. The van der Waals surface area contributed by atoms with Gasteiger partial charge in [-0.1, -0.05) is 25.3 Å². The molecule has 12 heteroatoms. The van der Waals surface area contributed by atoms with Crippen LogP contribution >= 0.6 is 0 Å². The van der Waals surface area contributed by atoms with Crippen molar-refractivity contribution in [2.24, 2.45) is 11.7 Å². The Morgan fingerprint density at radius 3 is 2.31 bits per heavy atom. The van der Waals surface area contributed by atoms with Gasteiger partial charge in [-0.25, -0.2) is 8.42 Å². The van der Waals surface area contributed by atoms with Crippen LogP contribution in [0.15, 0.2) is 47.4 Å². The molecule has 0 radical (unpaired) electrons. The number of ether oxygens (including phenoxy) is 1. The lowest BCUT2D eigenvalue weighted by Crippen LogP contribution is -2.62. The summed E-state index contributed by atoms with van der Waals surface area (Å²) in [5, 5.41) is 0. The molecule has 246 valence electrons. The molecule has 1 saturated carbocycles. The number of piperazine rings is 1. The number of nitrogens with zero attached hydrogens (tertiary/aromatic N) is 3. The van der Waals surface area contributed by atoms with Gasteiger partial charge in [0.25, 0.3) is 0 Å². The Bertz CT molecular complexity index is 1460. The number of carbonyl (C=O) groups excluding carboxylic acids is 1. The van der Waals surface area contributed by atoms with Crippen LogP contribution in [-0.2, 0) is 27.4 Å². The highest BCUT2D eigenvalue weighted by atomic mass is 32.2. The molecular weight excluding hydrogens is 605 g/mol. The van der Waals surface area contributed by atoms with E-state index in [4.69, 9.17) is 10.5 Å². The zero-order valence-corrected chi connectivity index (χ0v) is 26.4. The second kappa shape index (κ2) is 13.2. The number of hydrogen-bond acceptors (Lipinski definition) is 6. The largest absolute Gasteiger partial charge is 0.493 e. The molecule has 8 nitrogen and oxygen atoms in total. The molecule has 2 atom stereocenters. The van der Waals surface area contributed by atoms with Crippen molar-refractivity contribution in [2.75, 3.05) is 39.3 Å². The van der Waals surface area contributed by atoms with E-state index in [1.54, 1.807) is 35.2 Å². The summed E-state index contributed by atoms with van der Waals surface area (Å²) in [4.78, 5) is 17.9. The number of amides is 1. The molecule has 2 aromatic rings. The Labute approximate surface area is 263 Å². The van der Waals surface area contributed by atoms with Crippen LogP contribution in [-0.4, -0.2) is 79.8 Å². The third kappa shape index (κ3) is 7.03. The van der Waals surface area contributed by atoms with Crippen LogP contribution in [0.4, 0.5) is 13.2 Å². The standard InChI is InChI=1S/C33H43F3N4O4S/c34-33(35,36)25-7-12-29-24(20-25)6-13-30(29)39-18-19-40(31(21-39)32(41)38-16-14-26(37)15-17-38)45(42,43)28-10-8-27(9-11-28)44-22-23-4-2-1-3-5-23/h7-12,20,23,26,30-31H,1-6,13-19,21-22,37H2/t30-,31-/m0/s1. The predicted octanol–water partition coefficient (Wildman–Crippen LogP) is 4.98. The lowest BCUT2D eigenvalue weighted by Gasteiger charge is -2.44. The number of fused-ring (bicyclic) bond motifs is 1. The molecule has 0 bridgehead atoms. The molecule has 0 unspecified atom stereocenters. The van der Waals surface area contributed by atoms with Crippen LogP contribution < -0.4 is 10.5 Å². The maximum atomic E-state index is 14.1. The van der Waals surface area contributed by atoms with E-state index < -0.39 is 27.8 Å². The number of piperidine rings is 1. The second-order valence-corrected chi connectivity index (χ2v) is 14.9. The molecule has 2 saturated heterocycles. The van der Waals surface area contributed by atoms with Gasteiger partial charge in [-0.2, -0.15) is 17.5 Å². The molecule has 6 rings (SSSR count). The van der Waals surface area contributed by atoms with Crippen LogP contribution in [0.2, 0.25) is 0 Å². The van der Waals surface area contributed by atoms with Gasteiger partial charge in [0.1, 0.15) is 11.8 Å². The van der Waals surface area contributed by atoms with Gasteiger partial charge in [-0.05, 0) is 92.0 Å². The van der Waals surface area contributed by atoms with Gasteiger partial charge in [0.2, 0.25) is 15.9 Å². The van der Waals surface area contributed by atoms with Gasteiger partial charge in [-0.15, -0.1) is 0 Å². The monoisotopic (exact) mass is 648 g/mol. The van der Waals surface area contributed by atoms with Crippen molar-refractivity contribution < 1.29 is 31.1 Å². The average Bonchev–Trinajstić information content (AvgIpc) is 3.47. The van der Waals surface area contributed by atoms with Gasteiger partial charge < -0.3 is 15.4 Å². The summed E-state index contributed by atoms with van der Waals surface area (Å²) in [6.45, 7) is 2.16. The highest BCUT2D eigenvalue weighted by Crippen LogP contribution is 2.41. The normalized spacial score (nSPS) is 24.5. The molecule has 0 aromatic heterocycles. The number of halogens is 3. The molecule has 2 aliphatic heterocycles. The van der Waals surface area contributed by atoms with Gasteiger partial charge in [-0.3, -0.25) is 9.69 Å². The minimum absolute atomic E-state index is 0.00664. The minimum Gasteiger partial charge on any atom is -0.493 e. The van der Waals surface area contributed by atoms with Crippen molar-refractivity contribution in [1.29, 1.82) is 0 Å². The summed E-state index contributed by atoms with van der Waals surface area (Å²) in [7, 11) is -4.03. The topological polar surface area (TPSA) is 96.2 Å². The number of hydrogen-bond donors (Lipinski definition) is 1. The molecule has 2 N–H and O–H groups in total. The lowest BCUT2D eigenvalue weighted by atomic mass is 9.90. The van der Waals surface area contributed by atoms with Gasteiger partial charge >= 0.3 is 6.18 Å². The maximum Gasteiger partial charge on any atom is 0.416 e. The summed E-state index contributed by atoms with van der Waals surface area (Å²) < 4.78 is 75.5. The third-order valence-corrected chi connectivity index (χ3v) is 12.0. The smallest absolute Gasteiger partial charge is 0.416 e. The van der Waals surface area contributed by atoms with Crippen LogP contribution in [0, 0.1) is 5.92 Å². The predicted molar refractivity (Wildman–Crippen MR) is 164 cm³/mol. The van der Waals surface area contributed by atoms with Crippen LogP contribution in [0.1, 0.15) is 74.1 Å². The first-order valence-electron chi connectivity index (χ1n) is 16.2. The maximum absolute atomic E-state index is 14.1. The summed E-state index contributed by atoms with van der Waals surface area (Å²) in [6.07, 6.45) is 4.00. The zero-order chi connectivity index (χ0) is 31.8. The molecule has 2 heterocycles. The summed E-state index contributed by atoms with van der Waals surface area (Å²) in [6, 6.07) is 9.19. The molecule has 45 heavy (non-hydrogen) atoms. The Morgan fingerprint density at radius 2 is 1.62 bits per heavy atom. The van der Waals surface area contributed by atoms with Gasteiger partial charge in [0.15, 0.2) is 0 Å². The number of nitrogens with two attached hydrogens (primary N) is 1. The van der Waals surface area contributed by atoms with Crippen LogP contribution in [0.5, 0.6) is 5.75 Å². The Balaban J connectivity index is 1.21. The first kappa shape index (κ1) is 32.3. The molecular formula is C33H43F3N4O4S. The third-order valence-electron chi connectivity index (χ3n) is 10.1. The number of likely N-dealkylation sites (tertiary alicyclic amines) is 1. The highest BCUT2D eigenvalue weighted by Gasteiger charge is 2.45. The molecule has 1 amide bonds. The molecule has 3 fully saturated rings. The van der Waals surface area contributed by atoms with E-state index in [1.807, 2.05) is 0 Å². The quantitative estimate of drug-likeness (QED) is 0.456. The van der Waals surface area contributed by atoms with E-state index in [2.05, 4.69) is 4.90 Å². The molecule has 4 aliphatic rings. The van der Waals surface area contributed by atoms with E-state index in [0.717, 1.165) is 24.5 Å². The SMILES string of the molecule is NC1CCN(C(=O)[C@@H]2CN([C@H]3CCc4cc(C(F)(F)F)ccc43)CCN2S(=O)(=O)c2ccc(OCC3CCCCC3)cc2)CC1. The van der Waals surface area contributed by atoms with Crippen LogP contribution in [0.25, 0.3) is 0 Å². The number of alkyl halides is 3. The zero-order valence-electron chi connectivity index (χ0n) is 25.6. The fraction of sp³-hybridized carbons (Fsp3) is 0.606. The van der Waals surface area contributed by atoms with Crippen molar-refractivity contribution in [2.45, 2.75) is 87.0 Å². The van der Waals surface area contributed by atoms with Crippen LogP contribution in [0.3, 0.4) is 0 Å². The number of benzene rings is 2. The average molecular weight is 649 g/mol. The minimum atomic E-state index is -4.42. The fourth-order valence-electron chi connectivity index (χ4n) is 7.45. The number of carbonyl (C=O) groups is 1. The van der Waals surface area contributed by atoms with Crippen molar-refractivity contribution in [3.05, 3.63) is 59.2 Å². The Morgan fingerprint density at radius 1 is 0.911 bits per heavy atom. The van der Waals surface area contributed by atoms with Gasteiger partial charge in [0, 0.05) is 44.8 Å². The second-order valence-electron chi connectivity index (χ2n) is 13.0. The number of sulfonamides is 1. The van der Waals surface area contributed by atoms with E-state index in [-0.39, 0.29) is 36.0 Å². The van der Waals surface area contributed by atoms with Crippen molar-refractivity contribution in [1.82, 2.24) is 14.1 Å². The Kier molecular flexibility index (Phi) is 9.48. The van der Waals surface area contributed by atoms with E-state index in [9.17, 15) is 26.4 Å². The molecule has 0 spiro atoms. The molecule has 2 aliphatic carbocycles. The Hall–Kier alpha value is -2.67. The van der Waals surface area contributed by atoms with Crippen molar-refractivity contribution >= 4 is 15.9 Å². The summed E-state index contributed by atoms with van der Waals surface area (Å²) >= 11 is 0. The van der Waals surface area contributed by atoms with Gasteiger partial charge in [0.05, 0.1) is 17.1 Å². The van der Waals surface area contributed by atoms with E-state index in [1.165, 1.54) is 29.6 Å². The van der Waals surface area contributed by atoms with Crippen molar-refractivity contribution in [3.63, 3.8) is 0 Å². The number of aryl methyl sites for hydroxylation is 1. The number of rotatable bonds is 7.